The van der Waals surface area contributed by atoms with Crippen LogP contribution in [-0.2, 0) is 4.79 Å². The second kappa shape index (κ2) is 4.41. The number of hydrazine groups is 1. The fraction of sp³-hybridized carbons (Fsp3) is 0.167. The molecular formula is C12H8BrN3O4. The Balaban J connectivity index is 2.00. The summed E-state index contributed by atoms with van der Waals surface area (Å²) in [5.41, 5.74) is 0.455. The van der Waals surface area contributed by atoms with Gasteiger partial charge in [-0.3, -0.25) is 19.7 Å². The summed E-state index contributed by atoms with van der Waals surface area (Å²) in [6, 6.07) is 4.03. The minimum Gasteiger partial charge on any atom is -0.276 e. The van der Waals surface area contributed by atoms with Gasteiger partial charge in [0.15, 0.2) is 0 Å². The standard InChI is InChI=1S/C12H8BrN3O4/c13-7-3-1-2-6-9(7)11(19)16(10(6)18)15-5-4-8(17)14-12(15)20/h1-3H,4-5H2,(H,14,17,20). The van der Waals surface area contributed by atoms with Crippen molar-refractivity contribution in [3.8, 4) is 0 Å². The summed E-state index contributed by atoms with van der Waals surface area (Å²) in [5, 5.41) is 3.81. The molecule has 2 heterocycles. The first-order valence-electron chi connectivity index (χ1n) is 5.79. The Labute approximate surface area is 121 Å². The molecule has 0 aromatic heterocycles. The van der Waals surface area contributed by atoms with Gasteiger partial charge in [-0.05, 0) is 28.1 Å². The van der Waals surface area contributed by atoms with Gasteiger partial charge in [0.2, 0.25) is 5.91 Å². The summed E-state index contributed by atoms with van der Waals surface area (Å²) >= 11 is 3.22. The summed E-state index contributed by atoms with van der Waals surface area (Å²) in [6.45, 7) is -0.00620. The van der Waals surface area contributed by atoms with E-state index in [0.717, 1.165) is 10.0 Å². The summed E-state index contributed by atoms with van der Waals surface area (Å²) < 4.78 is 0.490. The van der Waals surface area contributed by atoms with Crippen molar-refractivity contribution in [2.24, 2.45) is 0 Å². The molecule has 1 saturated heterocycles. The van der Waals surface area contributed by atoms with Gasteiger partial charge in [0.25, 0.3) is 11.8 Å². The number of carbonyl (C=O) groups is 4. The van der Waals surface area contributed by atoms with E-state index in [9.17, 15) is 19.2 Å². The lowest BCUT2D eigenvalue weighted by atomic mass is 10.1. The quantitative estimate of drug-likeness (QED) is 0.771. The Morgan fingerprint density at radius 1 is 1.10 bits per heavy atom. The molecule has 20 heavy (non-hydrogen) atoms. The molecule has 7 nitrogen and oxygen atoms in total. The van der Waals surface area contributed by atoms with E-state index in [0.29, 0.717) is 4.47 Å². The predicted octanol–water partition coefficient (Wildman–Crippen LogP) is 0.902. The third-order valence-corrected chi connectivity index (χ3v) is 3.78. The monoisotopic (exact) mass is 337 g/mol. The van der Waals surface area contributed by atoms with E-state index in [-0.39, 0.29) is 24.1 Å². The number of rotatable bonds is 1. The fourth-order valence-corrected chi connectivity index (χ4v) is 2.73. The number of hydrogen-bond acceptors (Lipinski definition) is 4. The van der Waals surface area contributed by atoms with E-state index in [4.69, 9.17) is 0 Å². The first-order chi connectivity index (χ1) is 9.50. The minimum absolute atomic E-state index is 0.00620. The molecule has 1 fully saturated rings. The van der Waals surface area contributed by atoms with Gasteiger partial charge in [-0.15, -0.1) is 0 Å². The molecule has 0 bridgehead atoms. The van der Waals surface area contributed by atoms with Crippen LogP contribution in [0.25, 0.3) is 0 Å². The van der Waals surface area contributed by atoms with Crippen molar-refractivity contribution < 1.29 is 19.2 Å². The SMILES string of the molecule is O=C1CCN(N2C(=O)c3cccc(Br)c3C2=O)C(=O)N1. The molecule has 0 atom stereocenters. The molecule has 0 spiro atoms. The maximum absolute atomic E-state index is 12.3. The van der Waals surface area contributed by atoms with Crippen molar-refractivity contribution in [2.45, 2.75) is 6.42 Å². The van der Waals surface area contributed by atoms with E-state index in [1.807, 2.05) is 0 Å². The van der Waals surface area contributed by atoms with E-state index >= 15 is 0 Å². The zero-order valence-electron chi connectivity index (χ0n) is 10.1. The van der Waals surface area contributed by atoms with Gasteiger partial charge in [-0.1, -0.05) is 6.07 Å². The van der Waals surface area contributed by atoms with Crippen LogP contribution in [0.15, 0.2) is 22.7 Å². The first-order valence-corrected chi connectivity index (χ1v) is 6.58. The maximum Gasteiger partial charge on any atom is 0.343 e. The molecule has 8 heteroatoms. The molecule has 0 unspecified atom stereocenters. The molecule has 3 rings (SSSR count). The van der Waals surface area contributed by atoms with Crippen LogP contribution < -0.4 is 5.32 Å². The van der Waals surface area contributed by atoms with Gasteiger partial charge in [0, 0.05) is 10.9 Å². The molecule has 1 N–H and O–H groups in total. The van der Waals surface area contributed by atoms with Crippen molar-refractivity contribution >= 4 is 39.7 Å². The van der Waals surface area contributed by atoms with Crippen LogP contribution in [0.5, 0.6) is 0 Å². The van der Waals surface area contributed by atoms with Crippen molar-refractivity contribution in [3.05, 3.63) is 33.8 Å². The summed E-state index contributed by atoms with van der Waals surface area (Å²) in [5.74, 6) is -1.58. The van der Waals surface area contributed by atoms with Crippen LogP contribution in [0.1, 0.15) is 27.1 Å². The molecular weight excluding hydrogens is 330 g/mol. The van der Waals surface area contributed by atoms with Crippen molar-refractivity contribution in [1.29, 1.82) is 0 Å². The van der Waals surface area contributed by atoms with Gasteiger partial charge >= 0.3 is 6.03 Å². The number of fused-ring (bicyclic) bond motifs is 1. The number of halogens is 1. The minimum atomic E-state index is -0.771. The first kappa shape index (κ1) is 12.8. The number of imide groups is 2. The Morgan fingerprint density at radius 2 is 1.85 bits per heavy atom. The third-order valence-electron chi connectivity index (χ3n) is 3.12. The molecule has 1 aromatic rings. The lowest BCUT2D eigenvalue weighted by Crippen LogP contribution is -2.58. The van der Waals surface area contributed by atoms with E-state index in [2.05, 4.69) is 21.2 Å². The van der Waals surface area contributed by atoms with Crippen LogP contribution in [0.4, 0.5) is 4.79 Å². The highest BCUT2D eigenvalue weighted by Crippen LogP contribution is 2.30. The van der Waals surface area contributed by atoms with Gasteiger partial charge in [-0.2, -0.15) is 5.01 Å². The number of urea groups is 1. The highest BCUT2D eigenvalue weighted by Gasteiger charge is 2.43. The molecule has 0 aliphatic carbocycles. The highest BCUT2D eigenvalue weighted by atomic mass is 79.9. The van der Waals surface area contributed by atoms with Crippen LogP contribution in [0.2, 0.25) is 0 Å². The largest absolute Gasteiger partial charge is 0.343 e. The van der Waals surface area contributed by atoms with Crippen molar-refractivity contribution in [1.82, 2.24) is 15.3 Å². The van der Waals surface area contributed by atoms with E-state index < -0.39 is 23.8 Å². The highest BCUT2D eigenvalue weighted by molar-refractivity contribution is 9.10. The average Bonchev–Trinajstić information content (AvgIpc) is 2.64. The van der Waals surface area contributed by atoms with Gasteiger partial charge < -0.3 is 0 Å². The van der Waals surface area contributed by atoms with Gasteiger partial charge in [0.05, 0.1) is 17.7 Å². The van der Waals surface area contributed by atoms with E-state index in [1.165, 1.54) is 6.07 Å². The second-order valence-electron chi connectivity index (χ2n) is 4.31. The number of amides is 5. The zero-order chi connectivity index (χ0) is 14.4. The summed E-state index contributed by atoms with van der Waals surface area (Å²) in [4.78, 5) is 47.5. The lowest BCUT2D eigenvalue weighted by molar-refractivity contribution is -0.122. The van der Waals surface area contributed by atoms with Crippen LogP contribution in [0.3, 0.4) is 0 Å². The molecule has 0 saturated carbocycles. The molecule has 0 radical (unpaired) electrons. The number of nitrogens with zero attached hydrogens (tertiary/aromatic N) is 2. The van der Waals surface area contributed by atoms with Gasteiger partial charge in [-0.25, -0.2) is 9.80 Å². The predicted molar refractivity (Wildman–Crippen MR) is 69.5 cm³/mol. The van der Waals surface area contributed by atoms with Crippen molar-refractivity contribution in [2.75, 3.05) is 6.54 Å². The zero-order valence-corrected chi connectivity index (χ0v) is 11.6. The number of hydrogen-bond donors (Lipinski definition) is 1. The van der Waals surface area contributed by atoms with Crippen LogP contribution >= 0.6 is 15.9 Å². The van der Waals surface area contributed by atoms with Crippen molar-refractivity contribution in [3.63, 3.8) is 0 Å². The maximum atomic E-state index is 12.3. The van der Waals surface area contributed by atoms with E-state index in [1.54, 1.807) is 12.1 Å². The average molecular weight is 338 g/mol. The Kier molecular flexibility index (Phi) is 2.82. The molecule has 2 aliphatic rings. The molecule has 2 aliphatic heterocycles. The third kappa shape index (κ3) is 1.72. The normalized spacial score (nSPS) is 18.4. The summed E-state index contributed by atoms with van der Waals surface area (Å²) in [6.07, 6.45) is 0.0420. The molecule has 102 valence electrons. The fourth-order valence-electron chi connectivity index (χ4n) is 2.20. The van der Waals surface area contributed by atoms with Gasteiger partial charge in [0.1, 0.15) is 0 Å². The topological polar surface area (TPSA) is 86.8 Å². The molecule has 5 amide bonds. The Morgan fingerprint density at radius 3 is 2.50 bits per heavy atom. The Hall–Kier alpha value is -2.22. The number of nitrogens with one attached hydrogen (secondary N) is 1. The number of benzene rings is 1. The lowest BCUT2D eigenvalue weighted by Gasteiger charge is -2.32. The second-order valence-corrected chi connectivity index (χ2v) is 5.17. The number of carbonyl (C=O) groups excluding carboxylic acids is 4. The Bertz CT molecular complexity index is 673. The van der Waals surface area contributed by atoms with Crippen LogP contribution in [0, 0.1) is 0 Å². The summed E-state index contributed by atoms with van der Waals surface area (Å²) in [7, 11) is 0. The smallest absolute Gasteiger partial charge is 0.276 e. The molecule has 1 aromatic carbocycles. The van der Waals surface area contributed by atoms with Crippen LogP contribution in [-0.4, -0.2) is 40.3 Å².